The average molecular weight is 425 g/mol. The Morgan fingerprint density at radius 1 is 0.966 bits per heavy atom. The molecule has 1 unspecified atom stereocenters. The van der Waals surface area contributed by atoms with Crippen molar-refractivity contribution in [2.75, 3.05) is 0 Å². The number of benzene rings is 3. The Balaban J connectivity index is 1.64. The normalized spacial score (nSPS) is 12.9. The number of hydrogen-bond acceptors (Lipinski definition) is 4. The zero-order valence-corrected chi connectivity index (χ0v) is 17.4. The van der Waals surface area contributed by atoms with Gasteiger partial charge in [-0.25, -0.2) is 13.1 Å². The summed E-state index contributed by atoms with van der Waals surface area (Å²) in [6, 6.07) is 23.6. The van der Waals surface area contributed by atoms with Crippen LogP contribution in [0.1, 0.15) is 24.1 Å². The van der Waals surface area contributed by atoms with Crippen molar-refractivity contribution in [3.63, 3.8) is 0 Å². The highest BCUT2D eigenvalue weighted by Gasteiger charge is 2.20. The molecule has 1 N–H and O–H groups in total. The number of aromatic nitrogens is 1. The summed E-state index contributed by atoms with van der Waals surface area (Å²) < 4.78 is 30.7. The Labute approximate surface area is 173 Å². The molecule has 3 aromatic carbocycles. The maximum atomic E-state index is 12.9. The fourth-order valence-corrected chi connectivity index (χ4v) is 5.50. The molecular weight excluding hydrogens is 404 g/mol. The quantitative estimate of drug-likeness (QED) is 0.506. The number of sulfonamides is 1. The lowest BCUT2D eigenvalue weighted by atomic mass is 10.1. The molecule has 0 saturated carbocycles. The molecule has 0 amide bonds. The zero-order valence-electron chi connectivity index (χ0n) is 15.8. The van der Waals surface area contributed by atoms with Crippen LogP contribution in [-0.4, -0.2) is 13.0 Å². The van der Waals surface area contributed by atoms with E-state index in [-0.39, 0.29) is 15.8 Å². The number of hydrogen-bond donors (Lipinski definition) is 1. The first-order valence-corrected chi connectivity index (χ1v) is 11.5. The lowest BCUT2D eigenvalue weighted by Gasteiger charge is -2.14. The predicted molar refractivity (Wildman–Crippen MR) is 117 cm³/mol. The van der Waals surface area contributed by atoms with Gasteiger partial charge in [-0.1, -0.05) is 72.0 Å². The van der Waals surface area contributed by atoms with Crippen molar-refractivity contribution in [1.29, 1.82) is 0 Å². The molecule has 0 spiro atoms. The van der Waals surface area contributed by atoms with Crippen LogP contribution in [0.2, 0.25) is 0 Å². The molecule has 0 saturated heterocycles. The standard InChI is InChI=1S/C22H20N2O3S2/c1-16(18-10-6-3-7-11-18)23-29(26,27)19-12-13-20-21(14-19)28-22(25)24(20)15-17-8-4-2-5-9-17/h2-14,16,23H,15H2,1H3. The largest absolute Gasteiger partial charge is 0.308 e. The fourth-order valence-electron chi connectivity index (χ4n) is 3.24. The molecule has 0 aliphatic rings. The van der Waals surface area contributed by atoms with Gasteiger partial charge >= 0.3 is 4.87 Å². The van der Waals surface area contributed by atoms with E-state index in [4.69, 9.17) is 0 Å². The van der Waals surface area contributed by atoms with Gasteiger partial charge in [0.25, 0.3) is 0 Å². The number of fused-ring (bicyclic) bond motifs is 1. The van der Waals surface area contributed by atoms with Crippen LogP contribution in [0.5, 0.6) is 0 Å². The SMILES string of the molecule is CC(NS(=O)(=O)c1ccc2c(c1)sc(=O)n2Cc1ccccc1)c1ccccc1. The molecule has 7 heteroatoms. The summed E-state index contributed by atoms with van der Waals surface area (Å²) in [5, 5.41) is 0. The van der Waals surface area contributed by atoms with Gasteiger partial charge in [0, 0.05) is 6.04 Å². The Hall–Kier alpha value is -2.74. The second kappa shape index (κ2) is 7.94. The Morgan fingerprint density at radius 3 is 2.31 bits per heavy atom. The van der Waals surface area contributed by atoms with Gasteiger partial charge in [0.1, 0.15) is 0 Å². The first-order chi connectivity index (χ1) is 13.9. The highest BCUT2D eigenvalue weighted by molar-refractivity contribution is 7.89. The van der Waals surface area contributed by atoms with E-state index in [1.165, 1.54) is 0 Å². The van der Waals surface area contributed by atoms with Gasteiger partial charge in [-0.3, -0.25) is 9.36 Å². The van der Waals surface area contributed by atoms with Crippen molar-refractivity contribution in [2.24, 2.45) is 0 Å². The van der Waals surface area contributed by atoms with Crippen molar-refractivity contribution in [3.05, 3.63) is 99.7 Å². The summed E-state index contributed by atoms with van der Waals surface area (Å²) in [4.78, 5) is 12.5. The molecule has 1 atom stereocenters. The zero-order chi connectivity index (χ0) is 20.4. The lowest BCUT2D eigenvalue weighted by Crippen LogP contribution is -2.26. The van der Waals surface area contributed by atoms with E-state index in [2.05, 4.69) is 4.72 Å². The maximum absolute atomic E-state index is 12.9. The molecule has 5 nitrogen and oxygen atoms in total. The molecule has 0 aliphatic carbocycles. The van der Waals surface area contributed by atoms with E-state index >= 15 is 0 Å². The van der Waals surface area contributed by atoms with Gasteiger partial charge < -0.3 is 0 Å². The van der Waals surface area contributed by atoms with Crippen molar-refractivity contribution >= 4 is 31.6 Å². The van der Waals surface area contributed by atoms with Crippen LogP contribution in [0.4, 0.5) is 0 Å². The fraction of sp³-hybridized carbons (Fsp3) is 0.136. The monoisotopic (exact) mass is 424 g/mol. The Morgan fingerprint density at radius 2 is 1.62 bits per heavy atom. The van der Waals surface area contributed by atoms with E-state index in [9.17, 15) is 13.2 Å². The summed E-state index contributed by atoms with van der Waals surface area (Å²) in [6.07, 6.45) is 0. The Kier molecular flexibility index (Phi) is 5.36. The third kappa shape index (κ3) is 4.17. The summed E-state index contributed by atoms with van der Waals surface area (Å²) in [5.41, 5.74) is 2.64. The van der Waals surface area contributed by atoms with Crippen molar-refractivity contribution in [2.45, 2.75) is 24.4 Å². The number of rotatable bonds is 6. The van der Waals surface area contributed by atoms with Gasteiger partial charge in [0.15, 0.2) is 0 Å². The van der Waals surface area contributed by atoms with Crippen molar-refractivity contribution in [1.82, 2.24) is 9.29 Å². The van der Waals surface area contributed by atoms with Crippen molar-refractivity contribution in [3.8, 4) is 0 Å². The number of nitrogens with zero attached hydrogens (tertiary/aromatic N) is 1. The van der Waals surface area contributed by atoms with Gasteiger partial charge in [0.05, 0.1) is 21.7 Å². The molecule has 0 radical (unpaired) electrons. The minimum absolute atomic E-state index is 0.107. The van der Waals surface area contributed by atoms with Crippen LogP contribution in [0.3, 0.4) is 0 Å². The third-order valence-corrected chi connectivity index (χ3v) is 7.25. The summed E-state index contributed by atoms with van der Waals surface area (Å²) in [7, 11) is -3.72. The predicted octanol–water partition coefficient (Wildman–Crippen LogP) is 4.15. The Bertz CT molecular complexity index is 1290. The maximum Gasteiger partial charge on any atom is 0.308 e. The molecule has 148 valence electrons. The molecule has 0 aliphatic heterocycles. The number of nitrogens with one attached hydrogen (secondary N) is 1. The average Bonchev–Trinajstić information content (AvgIpc) is 3.03. The highest BCUT2D eigenvalue weighted by Crippen LogP contribution is 2.24. The topological polar surface area (TPSA) is 68.2 Å². The first-order valence-electron chi connectivity index (χ1n) is 9.19. The van der Waals surface area contributed by atoms with E-state index in [0.717, 1.165) is 28.0 Å². The lowest BCUT2D eigenvalue weighted by molar-refractivity contribution is 0.567. The van der Waals surface area contributed by atoms with Crippen LogP contribution in [-0.2, 0) is 16.6 Å². The van der Waals surface area contributed by atoms with Crippen molar-refractivity contribution < 1.29 is 8.42 Å². The van der Waals surface area contributed by atoms with Crippen LogP contribution in [0, 0.1) is 0 Å². The third-order valence-electron chi connectivity index (χ3n) is 4.77. The molecular formula is C22H20N2O3S2. The van der Waals surface area contributed by atoms with Gasteiger partial charge in [-0.05, 0) is 36.2 Å². The van der Waals surface area contributed by atoms with E-state index in [1.54, 1.807) is 29.7 Å². The smallest absolute Gasteiger partial charge is 0.294 e. The number of thiazole rings is 1. The second-order valence-electron chi connectivity index (χ2n) is 6.82. The molecule has 29 heavy (non-hydrogen) atoms. The van der Waals surface area contributed by atoms with Crippen LogP contribution < -0.4 is 9.60 Å². The second-order valence-corrected chi connectivity index (χ2v) is 9.53. The van der Waals surface area contributed by atoms with E-state index in [1.807, 2.05) is 60.7 Å². The summed E-state index contributed by atoms with van der Waals surface area (Å²) in [6.45, 7) is 2.26. The minimum atomic E-state index is -3.72. The van der Waals surface area contributed by atoms with Gasteiger partial charge in [-0.15, -0.1) is 0 Å². The summed E-state index contributed by atoms with van der Waals surface area (Å²) in [5.74, 6) is 0. The molecule has 1 heterocycles. The molecule has 0 fully saturated rings. The van der Waals surface area contributed by atoms with E-state index < -0.39 is 10.0 Å². The molecule has 0 bridgehead atoms. The van der Waals surface area contributed by atoms with Crippen LogP contribution >= 0.6 is 11.3 Å². The van der Waals surface area contributed by atoms with Gasteiger partial charge in [-0.2, -0.15) is 0 Å². The highest BCUT2D eigenvalue weighted by atomic mass is 32.2. The minimum Gasteiger partial charge on any atom is -0.294 e. The molecule has 1 aromatic heterocycles. The van der Waals surface area contributed by atoms with E-state index in [0.29, 0.717) is 11.2 Å². The van der Waals surface area contributed by atoms with Crippen LogP contribution in [0.15, 0.2) is 88.6 Å². The first kappa shape index (κ1) is 19.6. The van der Waals surface area contributed by atoms with Crippen LogP contribution in [0.25, 0.3) is 10.2 Å². The molecule has 4 aromatic rings. The van der Waals surface area contributed by atoms with Gasteiger partial charge in [0.2, 0.25) is 10.0 Å². The molecule has 4 rings (SSSR count). The summed E-state index contributed by atoms with van der Waals surface area (Å²) >= 11 is 1.06.